The Morgan fingerprint density at radius 1 is 1.14 bits per heavy atom. The summed E-state index contributed by atoms with van der Waals surface area (Å²) in [4.78, 5) is 9.08. The largest absolute Gasteiger partial charge is 0.365 e. The van der Waals surface area contributed by atoms with Crippen molar-refractivity contribution in [2.75, 3.05) is 50.7 Å². The number of nitrogens with one attached hydrogen (secondary N) is 2. The number of aliphatic imine (C=N–C) groups is 1. The molecule has 5 nitrogen and oxygen atoms in total. The third-order valence-electron chi connectivity index (χ3n) is 5.69. The van der Waals surface area contributed by atoms with Gasteiger partial charge in [0.2, 0.25) is 0 Å². The molecule has 2 unspecified atom stereocenters. The molecule has 29 heavy (non-hydrogen) atoms. The van der Waals surface area contributed by atoms with Gasteiger partial charge in [0.25, 0.3) is 0 Å². The molecule has 2 saturated heterocycles. The molecule has 2 atom stereocenters. The normalized spacial score (nSPS) is 23.0. The van der Waals surface area contributed by atoms with Crippen LogP contribution in [-0.4, -0.2) is 62.7 Å². The quantitative estimate of drug-likeness (QED) is 0.342. The molecular formula is C21H34F2IN5. The number of halogens is 3. The monoisotopic (exact) mass is 521 g/mol. The molecule has 164 valence electrons. The smallest absolute Gasteiger partial charge is 0.191 e. The SMILES string of the molecule is CCNC(=NCC1CCCN(CC)C1)NC1CCN(c2c(F)cccc2F)C1.I. The van der Waals surface area contributed by atoms with E-state index in [0.29, 0.717) is 19.0 Å². The molecule has 0 radical (unpaired) electrons. The lowest BCUT2D eigenvalue weighted by Crippen LogP contribution is -2.45. The second-order valence-corrected chi connectivity index (χ2v) is 7.77. The van der Waals surface area contributed by atoms with Crippen LogP contribution in [0.4, 0.5) is 14.5 Å². The van der Waals surface area contributed by atoms with Gasteiger partial charge in [0.15, 0.2) is 5.96 Å². The molecule has 0 aromatic heterocycles. The summed E-state index contributed by atoms with van der Waals surface area (Å²) < 4.78 is 28.1. The second-order valence-electron chi connectivity index (χ2n) is 7.77. The lowest BCUT2D eigenvalue weighted by atomic mass is 9.98. The van der Waals surface area contributed by atoms with Crippen molar-refractivity contribution >= 4 is 35.6 Å². The third-order valence-corrected chi connectivity index (χ3v) is 5.69. The van der Waals surface area contributed by atoms with Crippen molar-refractivity contribution in [3.05, 3.63) is 29.8 Å². The predicted molar refractivity (Wildman–Crippen MR) is 126 cm³/mol. The predicted octanol–water partition coefficient (Wildman–Crippen LogP) is 3.45. The van der Waals surface area contributed by atoms with E-state index in [2.05, 4.69) is 22.5 Å². The Hall–Kier alpha value is -1.16. The van der Waals surface area contributed by atoms with Gasteiger partial charge in [0, 0.05) is 38.8 Å². The first-order valence-electron chi connectivity index (χ1n) is 10.6. The summed E-state index contributed by atoms with van der Waals surface area (Å²) >= 11 is 0. The van der Waals surface area contributed by atoms with E-state index in [1.165, 1.54) is 37.6 Å². The molecule has 2 aliphatic heterocycles. The fourth-order valence-corrected chi connectivity index (χ4v) is 4.19. The molecule has 1 aromatic rings. The number of hydrogen-bond acceptors (Lipinski definition) is 3. The summed E-state index contributed by atoms with van der Waals surface area (Å²) in [5, 5.41) is 6.77. The molecule has 0 aliphatic carbocycles. The number of para-hydroxylation sites is 1. The van der Waals surface area contributed by atoms with E-state index >= 15 is 0 Å². The minimum absolute atomic E-state index is 0. The van der Waals surface area contributed by atoms with Crippen molar-refractivity contribution < 1.29 is 8.78 Å². The first-order valence-corrected chi connectivity index (χ1v) is 10.6. The highest BCUT2D eigenvalue weighted by atomic mass is 127. The van der Waals surface area contributed by atoms with E-state index in [1.807, 2.05) is 6.92 Å². The van der Waals surface area contributed by atoms with Gasteiger partial charge >= 0.3 is 0 Å². The van der Waals surface area contributed by atoms with Crippen LogP contribution in [0.1, 0.15) is 33.1 Å². The van der Waals surface area contributed by atoms with Crippen molar-refractivity contribution in [1.82, 2.24) is 15.5 Å². The van der Waals surface area contributed by atoms with Gasteiger partial charge in [0.05, 0.1) is 0 Å². The van der Waals surface area contributed by atoms with E-state index in [0.717, 1.165) is 38.6 Å². The van der Waals surface area contributed by atoms with Gasteiger partial charge in [-0.25, -0.2) is 8.78 Å². The Labute approximate surface area is 190 Å². The average molecular weight is 521 g/mol. The number of guanidine groups is 1. The van der Waals surface area contributed by atoms with Crippen molar-refractivity contribution in [3.63, 3.8) is 0 Å². The highest BCUT2D eigenvalue weighted by molar-refractivity contribution is 14.0. The van der Waals surface area contributed by atoms with Crippen LogP contribution in [0.3, 0.4) is 0 Å². The van der Waals surface area contributed by atoms with Gasteiger partial charge in [-0.1, -0.05) is 13.0 Å². The van der Waals surface area contributed by atoms with Crippen molar-refractivity contribution in [1.29, 1.82) is 0 Å². The highest BCUT2D eigenvalue weighted by Crippen LogP contribution is 2.26. The Balaban J connectivity index is 0.00000300. The molecule has 0 saturated carbocycles. The van der Waals surface area contributed by atoms with E-state index in [4.69, 9.17) is 4.99 Å². The maximum Gasteiger partial charge on any atom is 0.191 e. The Morgan fingerprint density at radius 3 is 2.59 bits per heavy atom. The van der Waals surface area contributed by atoms with Crippen LogP contribution in [0, 0.1) is 17.6 Å². The zero-order valence-electron chi connectivity index (χ0n) is 17.5. The van der Waals surface area contributed by atoms with Crippen LogP contribution in [0.15, 0.2) is 23.2 Å². The van der Waals surface area contributed by atoms with Crippen LogP contribution >= 0.6 is 24.0 Å². The molecule has 2 heterocycles. The maximum absolute atomic E-state index is 14.1. The first kappa shape index (κ1) is 24.1. The zero-order valence-corrected chi connectivity index (χ0v) is 19.8. The van der Waals surface area contributed by atoms with Crippen molar-refractivity contribution in [2.24, 2.45) is 10.9 Å². The van der Waals surface area contributed by atoms with Crippen LogP contribution in [0.2, 0.25) is 0 Å². The maximum atomic E-state index is 14.1. The van der Waals surface area contributed by atoms with Crippen LogP contribution in [0.25, 0.3) is 0 Å². The van der Waals surface area contributed by atoms with Gasteiger partial charge in [-0.2, -0.15) is 0 Å². The van der Waals surface area contributed by atoms with Crippen LogP contribution < -0.4 is 15.5 Å². The summed E-state index contributed by atoms with van der Waals surface area (Å²) in [6.45, 7) is 10.5. The molecule has 8 heteroatoms. The fourth-order valence-electron chi connectivity index (χ4n) is 4.19. The standard InChI is InChI=1S/C21H33F2N5.HI/c1-3-24-21(25-13-16-7-6-11-27(4-2)14-16)26-17-10-12-28(15-17)20-18(22)8-5-9-19(20)23;/h5,8-9,16-17H,3-4,6-7,10-15H2,1-2H3,(H2,24,25,26);1H. The summed E-state index contributed by atoms with van der Waals surface area (Å²) in [5.41, 5.74) is 0.0793. The Bertz CT molecular complexity index is 652. The lowest BCUT2D eigenvalue weighted by molar-refractivity contribution is 0.186. The summed E-state index contributed by atoms with van der Waals surface area (Å²) in [6.07, 6.45) is 3.29. The Kier molecular flexibility index (Phi) is 9.88. The number of piperidine rings is 1. The molecule has 2 aliphatic rings. The van der Waals surface area contributed by atoms with Gasteiger partial charge < -0.3 is 20.4 Å². The summed E-state index contributed by atoms with van der Waals surface area (Å²) in [7, 11) is 0. The minimum Gasteiger partial charge on any atom is -0.365 e. The minimum atomic E-state index is -0.501. The fraction of sp³-hybridized carbons (Fsp3) is 0.667. The van der Waals surface area contributed by atoms with E-state index in [1.54, 1.807) is 4.90 Å². The lowest BCUT2D eigenvalue weighted by Gasteiger charge is -2.31. The molecule has 0 bridgehead atoms. The molecule has 0 amide bonds. The number of benzene rings is 1. The van der Waals surface area contributed by atoms with Gasteiger partial charge in [-0.15, -0.1) is 24.0 Å². The van der Waals surface area contributed by atoms with E-state index < -0.39 is 11.6 Å². The van der Waals surface area contributed by atoms with Gasteiger partial charge in [-0.3, -0.25) is 4.99 Å². The average Bonchev–Trinajstić information content (AvgIpc) is 3.14. The van der Waals surface area contributed by atoms with Crippen LogP contribution in [0.5, 0.6) is 0 Å². The Morgan fingerprint density at radius 2 is 1.90 bits per heavy atom. The number of nitrogens with zero attached hydrogens (tertiary/aromatic N) is 3. The summed E-state index contributed by atoms with van der Waals surface area (Å²) in [6, 6.07) is 4.15. The highest BCUT2D eigenvalue weighted by Gasteiger charge is 2.27. The van der Waals surface area contributed by atoms with Crippen molar-refractivity contribution in [3.8, 4) is 0 Å². The van der Waals surface area contributed by atoms with Crippen LogP contribution in [-0.2, 0) is 0 Å². The molecular weight excluding hydrogens is 487 g/mol. The first-order chi connectivity index (χ1) is 13.6. The van der Waals surface area contributed by atoms with Gasteiger partial charge in [-0.05, 0) is 57.3 Å². The zero-order chi connectivity index (χ0) is 19.9. The number of hydrogen-bond donors (Lipinski definition) is 2. The number of anilines is 1. The topological polar surface area (TPSA) is 42.9 Å². The third kappa shape index (κ3) is 6.67. The second kappa shape index (κ2) is 11.9. The van der Waals surface area contributed by atoms with E-state index in [-0.39, 0.29) is 35.7 Å². The molecule has 1 aromatic carbocycles. The number of likely N-dealkylation sites (tertiary alicyclic amines) is 1. The summed E-state index contributed by atoms with van der Waals surface area (Å²) in [5.74, 6) is 0.395. The molecule has 3 rings (SSSR count). The van der Waals surface area contributed by atoms with Gasteiger partial charge in [0.1, 0.15) is 17.3 Å². The molecule has 0 spiro atoms. The van der Waals surface area contributed by atoms with Crippen molar-refractivity contribution in [2.45, 2.75) is 39.2 Å². The number of rotatable bonds is 6. The molecule has 2 fully saturated rings. The van der Waals surface area contributed by atoms with E-state index in [9.17, 15) is 8.78 Å². The molecule has 2 N–H and O–H groups in total.